The molecule has 0 saturated heterocycles. The molecule has 4 heterocycles. The summed E-state index contributed by atoms with van der Waals surface area (Å²) in [6, 6.07) is 190. The van der Waals surface area contributed by atoms with Crippen LogP contribution in [0.15, 0.2) is 531 Å². The fourth-order valence-electron chi connectivity index (χ4n) is 21.1. The van der Waals surface area contributed by atoms with Gasteiger partial charge in [-0.15, -0.1) is 0 Å². The van der Waals surface area contributed by atoms with Crippen LogP contribution in [0.4, 0.5) is 34.1 Å². The molecule has 0 spiro atoms. The molecule has 0 radical (unpaired) electrons. The summed E-state index contributed by atoms with van der Waals surface area (Å²) >= 11 is 0. The van der Waals surface area contributed by atoms with E-state index < -0.39 is 0 Å². The molecule has 4 aromatic heterocycles. The van der Waals surface area contributed by atoms with E-state index in [9.17, 15) is 0 Å². The highest BCUT2D eigenvalue weighted by molar-refractivity contribution is 6.14. The van der Waals surface area contributed by atoms with Crippen molar-refractivity contribution in [3.05, 3.63) is 522 Å². The smallest absolute Gasteiger partial charge is 0.143 e. The highest BCUT2D eigenvalue weighted by Crippen LogP contribution is 2.50. The Kier molecular flexibility index (Phi) is 19.9. The lowest BCUT2D eigenvalue weighted by atomic mass is 9.92. The van der Waals surface area contributed by atoms with Gasteiger partial charge in [0.25, 0.3) is 0 Å². The molecule has 0 saturated carbocycles. The first-order chi connectivity index (χ1) is 68.4. The maximum Gasteiger partial charge on any atom is 0.143 e. The molecule has 0 aliphatic heterocycles. The highest BCUT2D eigenvalue weighted by Gasteiger charge is 2.26. The lowest BCUT2D eigenvalue weighted by Crippen LogP contribution is -2.11. The van der Waals surface area contributed by atoms with E-state index in [1.54, 1.807) is 0 Å². The van der Waals surface area contributed by atoms with Crippen molar-refractivity contribution in [2.75, 3.05) is 9.80 Å². The normalized spacial score (nSPS) is 11.6. The zero-order valence-electron chi connectivity index (χ0n) is 75.3. The van der Waals surface area contributed by atoms with Crippen molar-refractivity contribution in [2.45, 2.75) is 0 Å². The average molecular weight is 1760 g/mol. The van der Waals surface area contributed by atoms with Gasteiger partial charge in [0.2, 0.25) is 0 Å². The number of hydrogen-bond donors (Lipinski definition) is 0. The van der Waals surface area contributed by atoms with Crippen LogP contribution in [0.5, 0.6) is 0 Å². The van der Waals surface area contributed by atoms with Crippen molar-refractivity contribution in [1.29, 1.82) is 0 Å². The summed E-state index contributed by atoms with van der Waals surface area (Å²) in [7, 11) is 0. The molecule has 6 nitrogen and oxygen atoms in total. The fourth-order valence-corrected chi connectivity index (χ4v) is 21.1. The second-order valence-electron chi connectivity index (χ2n) is 35.7. The Morgan fingerprint density at radius 2 is 0.442 bits per heavy atom. The first-order valence-electron chi connectivity index (χ1n) is 47.2. The van der Waals surface area contributed by atoms with Gasteiger partial charge in [0.05, 0.1) is 39.1 Å². The average Bonchev–Trinajstić information content (AvgIpc) is 1.46. The maximum absolute atomic E-state index is 7.19. The summed E-state index contributed by atoms with van der Waals surface area (Å²) in [6.45, 7) is 0. The summed E-state index contributed by atoms with van der Waals surface area (Å²) in [6.07, 6.45) is 0. The van der Waals surface area contributed by atoms with Crippen molar-refractivity contribution in [2.24, 2.45) is 0 Å². The first-order valence-corrected chi connectivity index (χ1v) is 47.2. The van der Waals surface area contributed by atoms with Gasteiger partial charge in [-0.25, -0.2) is 0 Å². The number of rotatable bonds is 19. The standard InChI is InChI=1S/C132H86N4O2/c1-5-29-87(30-6-1)91-57-59-93(60-58-91)109-41-13-19-51-122(109)134(106-74-65-95(66-75-106)111-77-68-98(89-33-9-3-10-34-89)86-128(111)136-125-54-22-16-44-116(125)117-45-17-23-55-126(117)136)108-40-26-38-100(83-108)113-48-28-50-120-121-84-96(69-78-130(121)138-132(113)120)103-80-101(90-35-11-4-12-36-90)79-102(81-103)92-61-70-104(71-62-92)133(107-39-25-37-99(82-107)112-47-27-49-119-118-46-18-24-56-129(118)137-131(112)119)105-72-63-94(64-73-105)110-76-67-97(88-31-7-2-8-32-88)85-127(110)135-123-52-20-14-42-114(123)115-43-15-21-53-124(115)135/h1-86H. The molecule has 26 rings (SSSR count). The van der Waals surface area contributed by atoms with Crippen LogP contribution in [0, 0.1) is 0 Å². The van der Waals surface area contributed by atoms with Gasteiger partial charge in [-0.2, -0.15) is 0 Å². The molecular formula is C132H86N4O2. The van der Waals surface area contributed by atoms with Gasteiger partial charge in [0.15, 0.2) is 0 Å². The molecule has 0 bridgehead atoms. The van der Waals surface area contributed by atoms with Crippen molar-refractivity contribution >= 4 is 122 Å². The van der Waals surface area contributed by atoms with Crippen LogP contribution in [0.25, 0.3) is 221 Å². The van der Waals surface area contributed by atoms with Gasteiger partial charge in [0, 0.05) is 99.3 Å². The van der Waals surface area contributed by atoms with Gasteiger partial charge in [0.1, 0.15) is 22.3 Å². The molecule has 0 amide bonds. The molecule has 138 heavy (non-hydrogen) atoms. The number of nitrogens with zero attached hydrogens (tertiary/aromatic N) is 4. The van der Waals surface area contributed by atoms with Gasteiger partial charge < -0.3 is 27.8 Å². The number of para-hydroxylation sites is 8. The second-order valence-corrected chi connectivity index (χ2v) is 35.7. The largest absolute Gasteiger partial charge is 0.455 e. The zero-order valence-corrected chi connectivity index (χ0v) is 75.3. The molecule has 646 valence electrons. The number of furan rings is 2. The van der Waals surface area contributed by atoms with E-state index in [1.807, 2.05) is 6.07 Å². The Hall–Kier alpha value is -18.4. The van der Waals surface area contributed by atoms with Crippen LogP contribution in [-0.2, 0) is 0 Å². The minimum absolute atomic E-state index is 0.815. The molecule has 0 N–H and O–H groups in total. The third-order valence-electron chi connectivity index (χ3n) is 27.7. The van der Waals surface area contributed by atoms with Crippen molar-refractivity contribution < 1.29 is 8.83 Å². The topological polar surface area (TPSA) is 42.6 Å². The summed E-state index contributed by atoms with van der Waals surface area (Å²) in [5.74, 6) is 0. The summed E-state index contributed by atoms with van der Waals surface area (Å²) in [5, 5.41) is 9.15. The molecule has 0 atom stereocenters. The number of anilines is 6. The number of benzene rings is 22. The minimum Gasteiger partial charge on any atom is -0.455 e. The van der Waals surface area contributed by atoms with Crippen molar-refractivity contribution in [1.82, 2.24) is 9.13 Å². The Bertz CT molecular complexity index is 9060. The predicted octanol–water partition coefficient (Wildman–Crippen LogP) is 37.0. The van der Waals surface area contributed by atoms with Gasteiger partial charge in [-0.05, 0) is 234 Å². The molecule has 6 heteroatoms. The minimum atomic E-state index is 0.815. The lowest BCUT2D eigenvalue weighted by Gasteiger charge is -2.28. The molecule has 0 unspecified atom stereocenters. The van der Waals surface area contributed by atoms with E-state index in [2.05, 4.69) is 535 Å². The fraction of sp³-hybridized carbons (Fsp3) is 0. The molecule has 0 fully saturated rings. The lowest BCUT2D eigenvalue weighted by molar-refractivity contribution is 0.669. The summed E-state index contributed by atoms with van der Waals surface area (Å²) in [5.41, 5.74) is 40.7. The Morgan fingerprint density at radius 3 is 0.928 bits per heavy atom. The number of fused-ring (bicyclic) bond motifs is 12. The molecule has 26 aromatic rings. The zero-order chi connectivity index (χ0) is 91.1. The predicted molar refractivity (Wildman–Crippen MR) is 579 cm³/mol. The van der Waals surface area contributed by atoms with Crippen molar-refractivity contribution in [3.8, 4) is 134 Å². The van der Waals surface area contributed by atoms with Crippen LogP contribution in [0.3, 0.4) is 0 Å². The molecular weight excluding hydrogens is 1670 g/mol. The third-order valence-corrected chi connectivity index (χ3v) is 27.7. The van der Waals surface area contributed by atoms with Crippen LogP contribution >= 0.6 is 0 Å². The highest BCUT2D eigenvalue weighted by atomic mass is 16.3. The Labute approximate surface area is 799 Å². The van der Waals surface area contributed by atoms with E-state index in [1.165, 1.54) is 43.8 Å². The Balaban J connectivity index is 0.566. The van der Waals surface area contributed by atoms with E-state index in [-0.39, 0.29) is 0 Å². The van der Waals surface area contributed by atoms with E-state index in [0.717, 1.165) is 212 Å². The van der Waals surface area contributed by atoms with E-state index in [4.69, 9.17) is 8.83 Å². The Morgan fingerprint density at radius 1 is 0.145 bits per heavy atom. The second kappa shape index (κ2) is 34.0. The molecule has 0 aliphatic rings. The van der Waals surface area contributed by atoms with E-state index in [0.29, 0.717) is 0 Å². The summed E-state index contributed by atoms with van der Waals surface area (Å²) in [4.78, 5) is 4.81. The van der Waals surface area contributed by atoms with Crippen LogP contribution in [0.2, 0.25) is 0 Å². The van der Waals surface area contributed by atoms with Crippen molar-refractivity contribution in [3.63, 3.8) is 0 Å². The monoisotopic (exact) mass is 1760 g/mol. The van der Waals surface area contributed by atoms with Crippen LogP contribution < -0.4 is 9.80 Å². The number of hydrogen-bond acceptors (Lipinski definition) is 4. The number of aromatic nitrogens is 2. The quantitative estimate of drug-likeness (QED) is 0.0809. The third kappa shape index (κ3) is 14.3. The first kappa shape index (κ1) is 80.5. The van der Waals surface area contributed by atoms with E-state index >= 15 is 0 Å². The summed E-state index contributed by atoms with van der Waals surface area (Å²) < 4.78 is 18.8. The van der Waals surface area contributed by atoms with Gasteiger partial charge >= 0.3 is 0 Å². The van der Waals surface area contributed by atoms with Gasteiger partial charge in [-0.1, -0.05) is 382 Å². The maximum atomic E-state index is 7.19. The SMILES string of the molecule is c1ccc(-c2ccc(-c3ccccc3N(c3ccc(-c4ccc(-c5ccccc5)cc4-n4c5ccccc5c5ccccc54)cc3)c3cccc(-c4cccc5c4oc4ccc(-c6cc(-c7ccccc7)cc(-c7ccc(N(c8ccc(-c9ccc(-c%10ccccc%10)cc9-n9c%10ccccc%10c%10ccccc%109)cc8)c8cccc(-c9cccc%10c9oc9ccccc9%10)c8)cc7)c6)cc45)c3)cc2)cc1. The van der Waals surface area contributed by atoms with Crippen LogP contribution in [0.1, 0.15) is 0 Å². The van der Waals surface area contributed by atoms with Gasteiger partial charge in [-0.3, -0.25) is 0 Å². The van der Waals surface area contributed by atoms with Crippen LogP contribution in [-0.4, -0.2) is 9.13 Å². The molecule has 0 aliphatic carbocycles. The molecule has 22 aromatic carbocycles.